The number of hydrogen-bond acceptors (Lipinski definition) is 5. The Kier molecular flexibility index (Phi) is 6.39. The smallest absolute Gasteiger partial charge is 0.263 e. The Hall–Kier alpha value is -2.35. The van der Waals surface area contributed by atoms with Gasteiger partial charge < -0.3 is 15.4 Å². The number of aryl methyl sites for hydroxylation is 2. The number of amides is 2. The van der Waals surface area contributed by atoms with Crippen molar-refractivity contribution in [3.63, 3.8) is 0 Å². The van der Waals surface area contributed by atoms with Crippen molar-refractivity contribution >= 4 is 63.5 Å². The van der Waals surface area contributed by atoms with Crippen molar-refractivity contribution in [3.05, 3.63) is 63.0 Å². The number of thioether (sulfide) groups is 1. The molecule has 144 valence electrons. The first-order valence-corrected chi connectivity index (χ1v) is 9.96. The zero-order valence-electron chi connectivity index (χ0n) is 15.2. The van der Waals surface area contributed by atoms with E-state index in [0.29, 0.717) is 25.6 Å². The van der Waals surface area contributed by atoms with E-state index in [1.54, 1.807) is 24.3 Å². The molecule has 2 aromatic carbocycles. The van der Waals surface area contributed by atoms with E-state index in [9.17, 15) is 9.59 Å². The van der Waals surface area contributed by atoms with Gasteiger partial charge in [-0.1, -0.05) is 47.7 Å². The summed E-state index contributed by atoms with van der Waals surface area (Å²) in [7, 11) is 0. The summed E-state index contributed by atoms with van der Waals surface area (Å²) >= 11 is 12.2. The molecule has 2 N–H and O–H groups in total. The van der Waals surface area contributed by atoms with Crippen LogP contribution < -0.4 is 15.4 Å². The molecule has 3 rings (SSSR count). The van der Waals surface area contributed by atoms with Crippen LogP contribution >= 0.6 is 35.6 Å². The van der Waals surface area contributed by atoms with E-state index in [4.69, 9.17) is 28.6 Å². The van der Waals surface area contributed by atoms with Crippen molar-refractivity contribution in [1.29, 1.82) is 0 Å². The second kappa shape index (κ2) is 8.77. The SMILES string of the molecule is Cc1ccc(C)c(NC(=O)COc2ccc(Cl)cc2/C=C2\SC(=S)NC2=O)c1. The minimum absolute atomic E-state index is 0.178. The van der Waals surface area contributed by atoms with E-state index in [1.165, 1.54) is 11.8 Å². The highest BCUT2D eigenvalue weighted by Crippen LogP contribution is 2.31. The topological polar surface area (TPSA) is 67.4 Å². The van der Waals surface area contributed by atoms with Gasteiger partial charge in [-0.2, -0.15) is 0 Å². The van der Waals surface area contributed by atoms with Crippen LogP contribution in [0.1, 0.15) is 16.7 Å². The van der Waals surface area contributed by atoms with Gasteiger partial charge in [0.25, 0.3) is 11.8 Å². The number of anilines is 1. The van der Waals surface area contributed by atoms with Crippen LogP contribution in [0.25, 0.3) is 6.08 Å². The molecule has 2 amide bonds. The summed E-state index contributed by atoms with van der Waals surface area (Å²) in [5.41, 5.74) is 3.36. The number of halogens is 1. The van der Waals surface area contributed by atoms with Crippen LogP contribution in [0.4, 0.5) is 5.69 Å². The molecule has 1 fully saturated rings. The molecule has 1 heterocycles. The minimum Gasteiger partial charge on any atom is -0.483 e. The third kappa shape index (κ3) is 5.13. The Morgan fingerprint density at radius 3 is 2.79 bits per heavy atom. The summed E-state index contributed by atoms with van der Waals surface area (Å²) < 4.78 is 6.08. The number of nitrogens with one attached hydrogen (secondary N) is 2. The summed E-state index contributed by atoms with van der Waals surface area (Å²) in [5, 5.41) is 5.90. The predicted molar refractivity (Wildman–Crippen MR) is 118 cm³/mol. The lowest BCUT2D eigenvalue weighted by Gasteiger charge is -2.12. The molecule has 0 atom stereocenters. The highest BCUT2D eigenvalue weighted by atomic mass is 35.5. The zero-order chi connectivity index (χ0) is 20.3. The standard InChI is InChI=1S/C20H17ClN2O3S2/c1-11-3-4-12(2)15(7-11)22-18(24)10-26-16-6-5-14(21)8-13(16)9-17-19(25)23-20(27)28-17/h3-9H,10H2,1-2H3,(H,22,24)(H,23,25,27)/b17-9-. The number of carbonyl (C=O) groups is 2. The second-order valence-corrected chi connectivity index (χ2v) is 8.34. The third-order valence-corrected chi connectivity index (χ3v) is 5.32. The quantitative estimate of drug-likeness (QED) is 0.539. The normalized spacial score (nSPS) is 14.9. The average Bonchev–Trinajstić information content (AvgIpc) is 2.94. The number of rotatable bonds is 5. The molecule has 0 aliphatic carbocycles. The van der Waals surface area contributed by atoms with Gasteiger partial charge in [0.15, 0.2) is 6.61 Å². The zero-order valence-corrected chi connectivity index (χ0v) is 17.6. The summed E-state index contributed by atoms with van der Waals surface area (Å²) in [4.78, 5) is 24.6. The first-order valence-electron chi connectivity index (χ1n) is 8.36. The monoisotopic (exact) mass is 432 g/mol. The van der Waals surface area contributed by atoms with Gasteiger partial charge in [-0.3, -0.25) is 9.59 Å². The Morgan fingerprint density at radius 2 is 2.07 bits per heavy atom. The molecule has 0 spiro atoms. The first kappa shape index (κ1) is 20.4. The fourth-order valence-electron chi connectivity index (χ4n) is 2.53. The van der Waals surface area contributed by atoms with Gasteiger partial charge in [0.05, 0.1) is 4.91 Å². The summed E-state index contributed by atoms with van der Waals surface area (Å²) in [6.07, 6.45) is 1.64. The summed E-state index contributed by atoms with van der Waals surface area (Å²) in [6.45, 7) is 3.71. The Labute approximate surface area is 177 Å². The van der Waals surface area contributed by atoms with Crippen LogP contribution in [0.2, 0.25) is 5.02 Å². The molecule has 0 unspecified atom stereocenters. The van der Waals surface area contributed by atoms with Crippen LogP contribution in [0, 0.1) is 13.8 Å². The molecule has 5 nitrogen and oxygen atoms in total. The van der Waals surface area contributed by atoms with Crippen LogP contribution in [-0.4, -0.2) is 22.7 Å². The van der Waals surface area contributed by atoms with E-state index >= 15 is 0 Å². The maximum Gasteiger partial charge on any atom is 0.263 e. The second-order valence-electron chi connectivity index (χ2n) is 6.19. The van der Waals surface area contributed by atoms with Gasteiger partial charge in [0, 0.05) is 16.3 Å². The molecule has 1 aliphatic rings. The van der Waals surface area contributed by atoms with Crippen molar-refractivity contribution in [2.45, 2.75) is 13.8 Å². The maximum atomic E-state index is 12.3. The number of benzene rings is 2. The van der Waals surface area contributed by atoms with E-state index in [2.05, 4.69) is 10.6 Å². The van der Waals surface area contributed by atoms with E-state index < -0.39 is 0 Å². The van der Waals surface area contributed by atoms with Gasteiger partial charge in [-0.15, -0.1) is 0 Å². The molecule has 28 heavy (non-hydrogen) atoms. The molecule has 1 saturated heterocycles. The molecule has 0 aromatic heterocycles. The highest BCUT2D eigenvalue weighted by molar-refractivity contribution is 8.26. The van der Waals surface area contributed by atoms with Crippen LogP contribution in [0.3, 0.4) is 0 Å². The van der Waals surface area contributed by atoms with Crippen LogP contribution in [-0.2, 0) is 9.59 Å². The number of ether oxygens (including phenoxy) is 1. The van der Waals surface area contributed by atoms with Gasteiger partial charge in [-0.05, 0) is 55.3 Å². The van der Waals surface area contributed by atoms with Crippen LogP contribution in [0.5, 0.6) is 5.75 Å². The number of carbonyl (C=O) groups excluding carboxylic acids is 2. The van der Waals surface area contributed by atoms with E-state index in [0.717, 1.165) is 16.8 Å². The van der Waals surface area contributed by atoms with Crippen LogP contribution in [0.15, 0.2) is 41.3 Å². The first-order chi connectivity index (χ1) is 13.3. The molecule has 0 radical (unpaired) electrons. The van der Waals surface area contributed by atoms with Crippen molar-refractivity contribution < 1.29 is 14.3 Å². The van der Waals surface area contributed by atoms with Crippen molar-refractivity contribution in [3.8, 4) is 5.75 Å². The van der Waals surface area contributed by atoms with Crippen molar-refractivity contribution in [2.24, 2.45) is 0 Å². The predicted octanol–water partition coefficient (Wildman–Crippen LogP) is 4.46. The van der Waals surface area contributed by atoms with E-state index in [-0.39, 0.29) is 18.4 Å². The van der Waals surface area contributed by atoms with Gasteiger partial charge in [-0.25, -0.2) is 0 Å². The fraction of sp³-hybridized carbons (Fsp3) is 0.150. The van der Waals surface area contributed by atoms with Gasteiger partial charge >= 0.3 is 0 Å². The Balaban J connectivity index is 1.73. The average molecular weight is 433 g/mol. The minimum atomic E-state index is -0.281. The maximum absolute atomic E-state index is 12.3. The highest BCUT2D eigenvalue weighted by Gasteiger charge is 2.22. The summed E-state index contributed by atoms with van der Waals surface area (Å²) in [5.74, 6) is -0.107. The molecule has 8 heteroatoms. The largest absolute Gasteiger partial charge is 0.483 e. The van der Waals surface area contributed by atoms with E-state index in [1.807, 2.05) is 32.0 Å². The number of hydrogen-bond donors (Lipinski definition) is 2. The molecule has 0 bridgehead atoms. The molecule has 2 aromatic rings. The Bertz CT molecular complexity index is 1000. The summed E-state index contributed by atoms with van der Waals surface area (Å²) in [6, 6.07) is 10.8. The lowest BCUT2D eigenvalue weighted by Crippen LogP contribution is -2.21. The van der Waals surface area contributed by atoms with Gasteiger partial charge in [0.2, 0.25) is 0 Å². The molecule has 0 saturated carbocycles. The number of thiocarbonyl (C=S) groups is 1. The molecular weight excluding hydrogens is 416 g/mol. The molecule has 1 aliphatic heterocycles. The third-order valence-electron chi connectivity index (χ3n) is 3.93. The lowest BCUT2D eigenvalue weighted by atomic mass is 10.1. The Morgan fingerprint density at radius 1 is 1.29 bits per heavy atom. The molecular formula is C20H17ClN2O3S2. The lowest BCUT2D eigenvalue weighted by molar-refractivity contribution is -0.118. The van der Waals surface area contributed by atoms with Crippen molar-refractivity contribution in [2.75, 3.05) is 11.9 Å². The van der Waals surface area contributed by atoms with Crippen molar-refractivity contribution in [1.82, 2.24) is 5.32 Å². The fourth-order valence-corrected chi connectivity index (χ4v) is 3.74. The van der Waals surface area contributed by atoms with Gasteiger partial charge in [0.1, 0.15) is 10.1 Å².